The van der Waals surface area contributed by atoms with Crippen LogP contribution < -0.4 is 5.73 Å². The molecule has 0 saturated heterocycles. The third-order valence-electron chi connectivity index (χ3n) is 2.21. The van der Waals surface area contributed by atoms with Crippen LogP contribution in [0.3, 0.4) is 0 Å². The van der Waals surface area contributed by atoms with Gasteiger partial charge in [0.15, 0.2) is 5.65 Å². The van der Waals surface area contributed by atoms with Gasteiger partial charge in [-0.15, -0.1) is 0 Å². The summed E-state index contributed by atoms with van der Waals surface area (Å²) in [5.41, 5.74) is 9.17. The maximum absolute atomic E-state index is 5.76. The van der Waals surface area contributed by atoms with Gasteiger partial charge in [0.25, 0.3) is 0 Å². The van der Waals surface area contributed by atoms with Gasteiger partial charge in [0, 0.05) is 11.1 Å². The van der Waals surface area contributed by atoms with Gasteiger partial charge in [-0.05, 0) is 19.4 Å². The first-order valence-electron chi connectivity index (χ1n) is 4.32. The van der Waals surface area contributed by atoms with Crippen LogP contribution in [-0.4, -0.2) is 15.2 Å². The van der Waals surface area contributed by atoms with E-state index in [1.807, 2.05) is 13.0 Å². The van der Waals surface area contributed by atoms with Crippen molar-refractivity contribution in [2.45, 2.75) is 20.3 Å². The van der Waals surface area contributed by atoms with Crippen LogP contribution in [0.2, 0.25) is 0 Å². The van der Waals surface area contributed by atoms with Gasteiger partial charge in [0.1, 0.15) is 0 Å². The van der Waals surface area contributed by atoms with Gasteiger partial charge in [-0.3, -0.25) is 5.10 Å². The Labute approximate surface area is 76.2 Å². The van der Waals surface area contributed by atoms with Crippen LogP contribution in [0.4, 0.5) is 5.69 Å². The van der Waals surface area contributed by atoms with Gasteiger partial charge >= 0.3 is 0 Å². The number of fused-ring (bicyclic) bond motifs is 1. The highest BCUT2D eigenvalue weighted by molar-refractivity contribution is 5.81. The Morgan fingerprint density at radius 2 is 2.31 bits per heavy atom. The topological polar surface area (TPSA) is 67.6 Å². The number of aryl methyl sites for hydroxylation is 2. The van der Waals surface area contributed by atoms with Crippen LogP contribution in [0, 0.1) is 6.92 Å². The number of nitrogens with one attached hydrogen (secondary N) is 1. The largest absolute Gasteiger partial charge is 0.397 e. The average molecular weight is 176 g/mol. The molecule has 0 atom stereocenters. The summed E-state index contributed by atoms with van der Waals surface area (Å²) >= 11 is 0. The van der Waals surface area contributed by atoms with E-state index in [0.29, 0.717) is 0 Å². The van der Waals surface area contributed by atoms with E-state index >= 15 is 0 Å². The quantitative estimate of drug-likeness (QED) is 0.690. The van der Waals surface area contributed by atoms with Crippen LogP contribution in [0.1, 0.15) is 18.3 Å². The number of nitrogens with two attached hydrogens (primary N) is 1. The Bertz CT molecular complexity index is 444. The van der Waals surface area contributed by atoms with Crippen molar-refractivity contribution in [3.63, 3.8) is 0 Å². The molecule has 13 heavy (non-hydrogen) atoms. The second-order valence-electron chi connectivity index (χ2n) is 3.09. The van der Waals surface area contributed by atoms with Crippen molar-refractivity contribution in [3.05, 3.63) is 17.5 Å². The van der Waals surface area contributed by atoms with E-state index < -0.39 is 0 Å². The Kier molecular flexibility index (Phi) is 1.69. The highest BCUT2D eigenvalue weighted by atomic mass is 15.1. The maximum Gasteiger partial charge on any atom is 0.181 e. The minimum absolute atomic E-state index is 0.726. The lowest BCUT2D eigenvalue weighted by Crippen LogP contribution is -1.93. The number of H-pyrrole nitrogens is 1. The number of hydrogen-bond donors (Lipinski definition) is 2. The molecular formula is C9H12N4. The summed E-state index contributed by atoms with van der Waals surface area (Å²) in [6, 6.07) is 1.93. The van der Waals surface area contributed by atoms with Crippen LogP contribution in [0.25, 0.3) is 11.0 Å². The fourth-order valence-corrected chi connectivity index (χ4v) is 1.37. The van der Waals surface area contributed by atoms with Gasteiger partial charge in [-0.25, -0.2) is 4.98 Å². The number of aromatic amines is 1. The first-order valence-corrected chi connectivity index (χ1v) is 4.32. The molecule has 68 valence electrons. The number of pyridine rings is 1. The van der Waals surface area contributed by atoms with Gasteiger partial charge < -0.3 is 5.73 Å². The molecule has 2 aromatic rings. The molecule has 2 heterocycles. The molecule has 3 N–H and O–H groups in total. The molecule has 4 nitrogen and oxygen atoms in total. The van der Waals surface area contributed by atoms with E-state index in [1.54, 1.807) is 0 Å². The van der Waals surface area contributed by atoms with Crippen molar-refractivity contribution in [1.82, 2.24) is 15.2 Å². The number of nitrogens with zero attached hydrogens (tertiary/aromatic N) is 2. The smallest absolute Gasteiger partial charge is 0.181 e. The molecule has 2 rings (SSSR count). The summed E-state index contributed by atoms with van der Waals surface area (Å²) in [6.07, 6.45) is 0.917. The standard InChI is InChI=1S/C9H12N4/c1-3-8-6-4-7(10)5(2)11-9(6)13-12-8/h4H,3,10H2,1-2H3,(H,11,12,13). The van der Waals surface area contributed by atoms with E-state index in [2.05, 4.69) is 22.1 Å². The fraction of sp³-hybridized carbons (Fsp3) is 0.333. The van der Waals surface area contributed by atoms with Crippen LogP contribution >= 0.6 is 0 Å². The number of aromatic nitrogens is 3. The summed E-state index contributed by atoms with van der Waals surface area (Å²) in [7, 11) is 0. The van der Waals surface area contributed by atoms with Gasteiger partial charge in [0.05, 0.1) is 11.4 Å². The zero-order valence-electron chi connectivity index (χ0n) is 7.76. The van der Waals surface area contributed by atoms with Crippen molar-refractivity contribution in [1.29, 1.82) is 0 Å². The Balaban J connectivity index is 2.77. The highest BCUT2D eigenvalue weighted by Gasteiger charge is 2.06. The van der Waals surface area contributed by atoms with Crippen molar-refractivity contribution in [2.24, 2.45) is 0 Å². The molecule has 0 radical (unpaired) electrons. The third kappa shape index (κ3) is 1.14. The molecule has 0 aliphatic carbocycles. The Hall–Kier alpha value is -1.58. The summed E-state index contributed by atoms with van der Waals surface area (Å²) in [5.74, 6) is 0. The molecule has 0 aromatic carbocycles. The van der Waals surface area contributed by atoms with Gasteiger partial charge in [-0.1, -0.05) is 6.92 Å². The molecule has 0 bridgehead atoms. The molecule has 0 fully saturated rings. The lowest BCUT2D eigenvalue weighted by Gasteiger charge is -1.98. The van der Waals surface area contributed by atoms with E-state index in [1.165, 1.54) is 0 Å². The monoisotopic (exact) mass is 176 g/mol. The summed E-state index contributed by atoms with van der Waals surface area (Å²) in [4.78, 5) is 4.28. The summed E-state index contributed by atoms with van der Waals surface area (Å²) in [5, 5.41) is 8.08. The van der Waals surface area contributed by atoms with Crippen molar-refractivity contribution in [3.8, 4) is 0 Å². The third-order valence-corrected chi connectivity index (χ3v) is 2.21. The summed E-state index contributed by atoms with van der Waals surface area (Å²) < 4.78 is 0. The van der Waals surface area contributed by atoms with Gasteiger partial charge in [0.2, 0.25) is 0 Å². The molecule has 0 aliphatic heterocycles. The maximum atomic E-state index is 5.76. The molecule has 0 amide bonds. The first kappa shape index (κ1) is 8.04. The van der Waals surface area contributed by atoms with Crippen LogP contribution in [0.15, 0.2) is 6.07 Å². The predicted octanol–water partition coefficient (Wildman–Crippen LogP) is 1.41. The first-order chi connectivity index (χ1) is 6.22. The number of rotatable bonds is 1. The SMILES string of the molecule is CCc1[nH]nc2nc(C)c(N)cc12. The zero-order valence-corrected chi connectivity index (χ0v) is 7.76. The molecular weight excluding hydrogens is 164 g/mol. The number of anilines is 1. The van der Waals surface area contributed by atoms with E-state index in [-0.39, 0.29) is 0 Å². The van der Waals surface area contributed by atoms with Crippen molar-refractivity contribution in [2.75, 3.05) is 5.73 Å². The second kappa shape index (κ2) is 2.73. The predicted molar refractivity (Wildman–Crippen MR) is 52.4 cm³/mol. The van der Waals surface area contributed by atoms with E-state index in [9.17, 15) is 0 Å². The fourth-order valence-electron chi connectivity index (χ4n) is 1.37. The Morgan fingerprint density at radius 3 is 3.00 bits per heavy atom. The highest BCUT2D eigenvalue weighted by Crippen LogP contribution is 2.19. The molecule has 0 aliphatic rings. The van der Waals surface area contributed by atoms with Crippen LogP contribution in [0.5, 0.6) is 0 Å². The number of hydrogen-bond acceptors (Lipinski definition) is 3. The van der Waals surface area contributed by atoms with E-state index in [4.69, 9.17) is 5.73 Å². The Morgan fingerprint density at radius 1 is 1.54 bits per heavy atom. The molecule has 0 unspecified atom stereocenters. The molecule has 4 heteroatoms. The minimum Gasteiger partial charge on any atom is -0.397 e. The lowest BCUT2D eigenvalue weighted by molar-refractivity contribution is 0.982. The average Bonchev–Trinajstić information content (AvgIpc) is 2.48. The second-order valence-corrected chi connectivity index (χ2v) is 3.09. The molecule has 0 spiro atoms. The van der Waals surface area contributed by atoms with Crippen molar-refractivity contribution < 1.29 is 0 Å². The van der Waals surface area contributed by atoms with Crippen molar-refractivity contribution >= 4 is 16.7 Å². The molecule has 2 aromatic heterocycles. The lowest BCUT2D eigenvalue weighted by atomic mass is 10.2. The van der Waals surface area contributed by atoms with E-state index in [0.717, 1.165) is 34.5 Å². The zero-order chi connectivity index (χ0) is 9.42. The van der Waals surface area contributed by atoms with Gasteiger partial charge in [-0.2, -0.15) is 5.10 Å². The molecule has 0 saturated carbocycles. The summed E-state index contributed by atoms with van der Waals surface area (Å²) in [6.45, 7) is 3.96. The number of nitrogen functional groups attached to an aromatic ring is 1. The van der Waals surface area contributed by atoms with Crippen LogP contribution in [-0.2, 0) is 6.42 Å². The normalized spacial score (nSPS) is 10.9. The minimum atomic E-state index is 0.726.